The van der Waals surface area contributed by atoms with Gasteiger partial charge in [-0.15, -0.1) is 0 Å². The largest absolute Gasteiger partial charge is 0.352 e. The Morgan fingerprint density at radius 3 is 2.58 bits per heavy atom. The van der Waals surface area contributed by atoms with Crippen LogP contribution in [0.1, 0.15) is 19.8 Å². The number of aromatic nitrogens is 7. The van der Waals surface area contributed by atoms with Gasteiger partial charge in [0.1, 0.15) is 5.69 Å². The van der Waals surface area contributed by atoms with Crippen LogP contribution in [0.2, 0.25) is 0 Å². The Bertz CT molecular complexity index is 1700. The van der Waals surface area contributed by atoms with Gasteiger partial charge in [-0.1, -0.05) is 6.92 Å². The molecule has 0 aliphatic carbocycles. The predicted molar refractivity (Wildman–Crippen MR) is 139 cm³/mol. The molecule has 0 saturated heterocycles. The van der Waals surface area contributed by atoms with Crippen molar-refractivity contribution in [3.8, 4) is 33.6 Å². The molecule has 0 unspecified atom stereocenters. The van der Waals surface area contributed by atoms with E-state index in [1.54, 1.807) is 31.0 Å². The van der Waals surface area contributed by atoms with Crippen molar-refractivity contribution >= 4 is 33.5 Å². The fourth-order valence-corrected chi connectivity index (χ4v) is 4.32. The standard InChI is InChI=1S/C27H22N8O/c1-2-3-25(36)32-19-8-17(11-29-13-19)18-9-21-26(34-35-27(21)31-12-18)23-10-20-22(14-30-15-24(20)33-23)16-4-6-28-7-5-16/h4-15,33H,2-3H2,1H3,(H,32,36)(H,31,34,35). The van der Waals surface area contributed by atoms with Crippen LogP contribution in [0.25, 0.3) is 55.6 Å². The van der Waals surface area contributed by atoms with Gasteiger partial charge in [-0.25, -0.2) is 4.98 Å². The van der Waals surface area contributed by atoms with Crippen molar-refractivity contribution in [2.75, 3.05) is 5.32 Å². The van der Waals surface area contributed by atoms with Crippen LogP contribution < -0.4 is 5.32 Å². The summed E-state index contributed by atoms with van der Waals surface area (Å²) >= 11 is 0. The first-order valence-electron chi connectivity index (χ1n) is 11.7. The lowest BCUT2D eigenvalue weighted by Gasteiger charge is -2.07. The summed E-state index contributed by atoms with van der Waals surface area (Å²) in [6.07, 6.45) is 13.7. The number of hydrogen-bond donors (Lipinski definition) is 3. The van der Waals surface area contributed by atoms with Crippen molar-refractivity contribution in [2.45, 2.75) is 19.8 Å². The SMILES string of the molecule is CCCC(=O)Nc1cncc(-c2cnc3[nH]nc(-c4cc5c(-c6ccncc6)cncc5[nH]4)c3c2)c1. The molecule has 6 heterocycles. The van der Waals surface area contributed by atoms with E-state index in [2.05, 4.69) is 46.5 Å². The Labute approximate surface area is 206 Å². The van der Waals surface area contributed by atoms with Crippen LogP contribution in [0, 0.1) is 0 Å². The molecule has 0 fully saturated rings. The van der Waals surface area contributed by atoms with E-state index in [1.807, 2.05) is 43.6 Å². The molecule has 6 aromatic heterocycles. The molecule has 0 aromatic carbocycles. The minimum absolute atomic E-state index is 0.0263. The number of amides is 1. The number of H-pyrrole nitrogens is 2. The number of pyridine rings is 4. The zero-order valence-electron chi connectivity index (χ0n) is 19.5. The van der Waals surface area contributed by atoms with Gasteiger partial charge >= 0.3 is 0 Å². The smallest absolute Gasteiger partial charge is 0.224 e. The van der Waals surface area contributed by atoms with Crippen LogP contribution in [-0.2, 0) is 4.79 Å². The maximum atomic E-state index is 12.0. The summed E-state index contributed by atoms with van der Waals surface area (Å²) in [5, 5.41) is 12.4. The highest BCUT2D eigenvalue weighted by Gasteiger charge is 2.15. The van der Waals surface area contributed by atoms with Crippen LogP contribution in [0.15, 0.2) is 73.7 Å². The molecule has 0 aliphatic rings. The van der Waals surface area contributed by atoms with Gasteiger partial charge in [-0.2, -0.15) is 5.10 Å². The fraction of sp³-hybridized carbons (Fsp3) is 0.111. The first kappa shape index (κ1) is 21.6. The Balaban J connectivity index is 1.40. The molecule has 0 aliphatic heterocycles. The average Bonchev–Trinajstić information content (AvgIpc) is 3.53. The summed E-state index contributed by atoms with van der Waals surface area (Å²) in [5.74, 6) is -0.0263. The molecule has 36 heavy (non-hydrogen) atoms. The zero-order chi connectivity index (χ0) is 24.5. The van der Waals surface area contributed by atoms with Crippen LogP contribution in [0.5, 0.6) is 0 Å². The Morgan fingerprint density at radius 2 is 1.72 bits per heavy atom. The molecule has 176 valence electrons. The number of carbonyl (C=O) groups is 1. The van der Waals surface area contributed by atoms with E-state index >= 15 is 0 Å². The van der Waals surface area contributed by atoms with Crippen molar-refractivity contribution < 1.29 is 4.79 Å². The van der Waals surface area contributed by atoms with E-state index in [1.165, 1.54) is 0 Å². The maximum absolute atomic E-state index is 12.0. The van der Waals surface area contributed by atoms with E-state index in [0.717, 1.165) is 56.4 Å². The highest BCUT2D eigenvalue weighted by Crippen LogP contribution is 2.34. The predicted octanol–water partition coefficient (Wildman–Crippen LogP) is 5.36. The number of aromatic amines is 2. The Kier molecular flexibility index (Phi) is 5.42. The molecular weight excluding hydrogens is 452 g/mol. The Hall–Kier alpha value is -4.92. The molecule has 3 N–H and O–H groups in total. The number of anilines is 1. The summed E-state index contributed by atoms with van der Waals surface area (Å²) < 4.78 is 0. The minimum Gasteiger partial charge on any atom is -0.352 e. The fourth-order valence-electron chi connectivity index (χ4n) is 4.32. The van der Waals surface area contributed by atoms with Gasteiger partial charge in [0.05, 0.1) is 29.3 Å². The van der Waals surface area contributed by atoms with Crippen LogP contribution in [0.3, 0.4) is 0 Å². The summed E-state index contributed by atoms with van der Waals surface area (Å²) in [6, 6.07) is 9.95. The lowest BCUT2D eigenvalue weighted by Crippen LogP contribution is -2.10. The molecule has 0 radical (unpaired) electrons. The third-order valence-electron chi connectivity index (χ3n) is 6.04. The van der Waals surface area contributed by atoms with Crippen molar-refractivity contribution in [1.29, 1.82) is 0 Å². The lowest BCUT2D eigenvalue weighted by atomic mass is 10.0. The number of nitrogens with one attached hydrogen (secondary N) is 3. The highest BCUT2D eigenvalue weighted by atomic mass is 16.1. The van der Waals surface area contributed by atoms with E-state index in [4.69, 9.17) is 0 Å². The second-order valence-corrected chi connectivity index (χ2v) is 8.52. The second-order valence-electron chi connectivity index (χ2n) is 8.52. The van der Waals surface area contributed by atoms with Crippen molar-refractivity contribution in [3.63, 3.8) is 0 Å². The lowest BCUT2D eigenvalue weighted by molar-refractivity contribution is -0.116. The van der Waals surface area contributed by atoms with Crippen LogP contribution >= 0.6 is 0 Å². The topological polar surface area (TPSA) is 125 Å². The van der Waals surface area contributed by atoms with E-state index in [9.17, 15) is 4.79 Å². The number of nitrogens with zero attached hydrogens (tertiary/aromatic N) is 5. The molecular formula is C27H22N8O. The van der Waals surface area contributed by atoms with Gasteiger partial charge in [-0.05, 0) is 42.3 Å². The van der Waals surface area contributed by atoms with Gasteiger partial charge in [0, 0.05) is 64.9 Å². The third kappa shape index (κ3) is 3.96. The monoisotopic (exact) mass is 474 g/mol. The first-order valence-corrected chi connectivity index (χ1v) is 11.7. The minimum atomic E-state index is -0.0263. The summed E-state index contributed by atoms with van der Waals surface area (Å²) in [6.45, 7) is 1.97. The Morgan fingerprint density at radius 1 is 0.889 bits per heavy atom. The highest BCUT2D eigenvalue weighted by molar-refractivity contribution is 6.00. The van der Waals surface area contributed by atoms with Crippen molar-refractivity contribution in [1.82, 2.24) is 35.1 Å². The molecule has 1 amide bonds. The summed E-state index contributed by atoms with van der Waals surface area (Å²) in [4.78, 5) is 32.9. The van der Waals surface area contributed by atoms with Gasteiger partial charge < -0.3 is 10.3 Å². The number of rotatable bonds is 6. The third-order valence-corrected chi connectivity index (χ3v) is 6.04. The van der Waals surface area contributed by atoms with Gasteiger partial charge in [-0.3, -0.25) is 24.8 Å². The number of hydrogen-bond acceptors (Lipinski definition) is 6. The second kappa shape index (κ2) is 9.03. The number of carbonyl (C=O) groups excluding carboxylic acids is 1. The van der Waals surface area contributed by atoms with E-state index < -0.39 is 0 Å². The molecule has 9 heteroatoms. The molecule has 9 nitrogen and oxygen atoms in total. The summed E-state index contributed by atoms with van der Waals surface area (Å²) in [5.41, 5.74) is 7.66. The molecule has 6 aromatic rings. The van der Waals surface area contributed by atoms with Gasteiger partial charge in [0.25, 0.3) is 0 Å². The number of fused-ring (bicyclic) bond motifs is 2. The first-order chi connectivity index (χ1) is 17.7. The van der Waals surface area contributed by atoms with Crippen LogP contribution in [-0.4, -0.2) is 41.0 Å². The van der Waals surface area contributed by atoms with Gasteiger partial charge in [0.2, 0.25) is 5.91 Å². The van der Waals surface area contributed by atoms with Crippen molar-refractivity contribution in [3.05, 3.63) is 73.7 Å². The molecule has 0 saturated carbocycles. The van der Waals surface area contributed by atoms with E-state index in [0.29, 0.717) is 17.8 Å². The molecule has 0 atom stereocenters. The molecule has 0 bridgehead atoms. The molecule has 6 rings (SSSR count). The normalized spacial score (nSPS) is 11.2. The van der Waals surface area contributed by atoms with Crippen molar-refractivity contribution in [2.24, 2.45) is 0 Å². The zero-order valence-corrected chi connectivity index (χ0v) is 19.5. The average molecular weight is 475 g/mol. The maximum Gasteiger partial charge on any atom is 0.224 e. The quantitative estimate of drug-likeness (QED) is 0.298. The molecule has 0 spiro atoms. The van der Waals surface area contributed by atoms with E-state index in [-0.39, 0.29) is 5.91 Å². The van der Waals surface area contributed by atoms with Crippen LogP contribution in [0.4, 0.5) is 5.69 Å². The van der Waals surface area contributed by atoms with Gasteiger partial charge in [0.15, 0.2) is 5.65 Å². The summed E-state index contributed by atoms with van der Waals surface area (Å²) in [7, 11) is 0.